The number of anilines is 1. The molecule has 0 spiro atoms. The van der Waals surface area contributed by atoms with Crippen LogP contribution in [0, 0.1) is 0 Å². The summed E-state index contributed by atoms with van der Waals surface area (Å²) in [4.78, 5) is 12.3. The number of hydrogen-bond acceptors (Lipinski definition) is 3. The predicted octanol–water partition coefficient (Wildman–Crippen LogP) is 4.78. The Balaban J connectivity index is 2.71. The van der Waals surface area contributed by atoms with E-state index >= 15 is 0 Å². The normalized spacial score (nSPS) is 11.1. The van der Waals surface area contributed by atoms with Crippen LogP contribution in [0.25, 0.3) is 11.1 Å². The number of ether oxygens (including phenoxy) is 1. The van der Waals surface area contributed by atoms with E-state index in [1.54, 1.807) is 14.0 Å². The van der Waals surface area contributed by atoms with Crippen molar-refractivity contribution >= 4 is 11.5 Å². The number of rotatable bonds is 4. The predicted molar refractivity (Wildman–Crippen MR) is 91.8 cm³/mol. The molecule has 0 amide bonds. The summed E-state index contributed by atoms with van der Waals surface area (Å²) in [6, 6.07) is 13.8. The van der Waals surface area contributed by atoms with Gasteiger partial charge in [0, 0.05) is 5.54 Å². The molecule has 0 bridgehead atoms. The van der Waals surface area contributed by atoms with Crippen molar-refractivity contribution in [3.8, 4) is 16.9 Å². The largest absolute Gasteiger partial charge is 0.495 e. The van der Waals surface area contributed by atoms with E-state index < -0.39 is 0 Å². The standard InChI is InChI=1S/C19H23NO2/c1-13(21)17-15(14-9-7-6-8-10-14)11-12-16(22-5)18(17)20-19(2,3)4/h6-12,20H,1-5H3. The van der Waals surface area contributed by atoms with Gasteiger partial charge in [0.2, 0.25) is 0 Å². The molecule has 3 nitrogen and oxygen atoms in total. The zero-order chi connectivity index (χ0) is 16.3. The molecular weight excluding hydrogens is 274 g/mol. The number of ketones is 1. The summed E-state index contributed by atoms with van der Waals surface area (Å²) >= 11 is 0. The van der Waals surface area contributed by atoms with Crippen LogP contribution in [0.1, 0.15) is 38.1 Å². The average molecular weight is 297 g/mol. The highest BCUT2D eigenvalue weighted by Crippen LogP contribution is 2.38. The van der Waals surface area contributed by atoms with Gasteiger partial charge >= 0.3 is 0 Å². The molecule has 2 rings (SSSR count). The Bertz CT molecular complexity index is 670. The molecule has 0 saturated carbocycles. The number of methoxy groups -OCH3 is 1. The second kappa shape index (κ2) is 6.22. The topological polar surface area (TPSA) is 38.3 Å². The van der Waals surface area contributed by atoms with Crippen LogP contribution < -0.4 is 10.1 Å². The Kier molecular flexibility index (Phi) is 4.55. The first-order valence-electron chi connectivity index (χ1n) is 7.39. The molecule has 0 atom stereocenters. The Labute approximate surface area is 132 Å². The number of carbonyl (C=O) groups is 1. The fourth-order valence-corrected chi connectivity index (χ4v) is 2.48. The smallest absolute Gasteiger partial charge is 0.162 e. The van der Waals surface area contributed by atoms with Crippen molar-refractivity contribution < 1.29 is 9.53 Å². The van der Waals surface area contributed by atoms with Gasteiger partial charge in [0.1, 0.15) is 5.75 Å². The van der Waals surface area contributed by atoms with Crippen LogP contribution in [0.15, 0.2) is 42.5 Å². The van der Waals surface area contributed by atoms with Crippen LogP contribution in [-0.4, -0.2) is 18.4 Å². The summed E-state index contributed by atoms with van der Waals surface area (Å²) in [5, 5.41) is 3.41. The van der Waals surface area contributed by atoms with Gasteiger partial charge in [-0.15, -0.1) is 0 Å². The highest BCUT2D eigenvalue weighted by Gasteiger charge is 2.22. The summed E-state index contributed by atoms with van der Waals surface area (Å²) in [6.45, 7) is 7.78. The minimum Gasteiger partial charge on any atom is -0.495 e. The summed E-state index contributed by atoms with van der Waals surface area (Å²) in [5.74, 6) is 0.698. The van der Waals surface area contributed by atoms with Crippen LogP contribution in [0.4, 0.5) is 5.69 Å². The molecule has 0 saturated heterocycles. The Hall–Kier alpha value is -2.29. The lowest BCUT2D eigenvalue weighted by Crippen LogP contribution is -2.27. The summed E-state index contributed by atoms with van der Waals surface area (Å²) < 4.78 is 5.46. The summed E-state index contributed by atoms with van der Waals surface area (Å²) in [7, 11) is 1.62. The summed E-state index contributed by atoms with van der Waals surface area (Å²) in [5.41, 5.74) is 3.18. The van der Waals surface area contributed by atoms with Gasteiger partial charge in [-0.3, -0.25) is 4.79 Å². The zero-order valence-electron chi connectivity index (χ0n) is 13.9. The average Bonchev–Trinajstić information content (AvgIpc) is 2.45. The molecule has 3 heteroatoms. The Morgan fingerprint density at radius 3 is 2.18 bits per heavy atom. The first-order chi connectivity index (χ1) is 10.3. The van der Waals surface area contributed by atoms with E-state index in [4.69, 9.17) is 4.74 Å². The van der Waals surface area contributed by atoms with E-state index in [-0.39, 0.29) is 11.3 Å². The molecule has 0 aromatic heterocycles. The molecule has 1 N–H and O–H groups in total. The lowest BCUT2D eigenvalue weighted by Gasteiger charge is -2.26. The van der Waals surface area contributed by atoms with E-state index in [0.29, 0.717) is 11.3 Å². The van der Waals surface area contributed by atoms with Crippen LogP contribution in [-0.2, 0) is 0 Å². The zero-order valence-corrected chi connectivity index (χ0v) is 13.9. The Morgan fingerprint density at radius 1 is 1.05 bits per heavy atom. The summed E-state index contributed by atoms with van der Waals surface area (Å²) in [6.07, 6.45) is 0. The van der Waals surface area contributed by atoms with Gasteiger partial charge < -0.3 is 10.1 Å². The second-order valence-electron chi connectivity index (χ2n) is 6.36. The van der Waals surface area contributed by atoms with Crippen molar-refractivity contribution in [1.29, 1.82) is 0 Å². The van der Waals surface area contributed by atoms with Gasteiger partial charge in [-0.1, -0.05) is 30.3 Å². The maximum absolute atomic E-state index is 12.3. The van der Waals surface area contributed by atoms with E-state index in [2.05, 4.69) is 26.1 Å². The van der Waals surface area contributed by atoms with Gasteiger partial charge in [-0.2, -0.15) is 0 Å². The van der Waals surface area contributed by atoms with Gasteiger partial charge in [0.25, 0.3) is 0 Å². The molecule has 0 heterocycles. The quantitative estimate of drug-likeness (QED) is 0.826. The first kappa shape index (κ1) is 16.1. The molecule has 0 fully saturated rings. The molecule has 0 aliphatic rings. The van der Waals surface area contributed by atoms with Crippen molar-refractivity contribution in [2.24, 2.45) is 0 Å². The number of hydrogen-bond donors (Lipinski definition) is 1. The van der Waals surface area contributed by atoms with Crippen LogP contribution in [0.3, 0.4) is 0 Å². The van der Waals surface area contributed by atoms with Crippen LogP contribution >= 0.6 is 0 Å². The molecule has 0 aliphatic heterocycles. The number of carbonyl (C=O) groups excluding carboxylic acids is 1. The SMILES string of the molecule is COc1ccc(-c2ccccc2)c(C(C)=O)c1NC(C)(C)C. The molecule has 2 aromatic rings. The van der Waals surface area contributed by atoms with Gasteiger partial charge in [-0.05, 0) is 51.0 Å². The van der Waals surface area contributed by atoms with E-state index in [1.165, 1.54) is 0 Å². The third-order valence-electron chi connectivity index (χ3n) is 3.32. The number of benzene rings is 2. The molecule has 0 radical (unpaired) electrons. The maximum atomic E-state index is 12.3. The fraction of sp³-hybridized carbons (Fsp3) is 0.316. The third kappa shape index (κ3) is 3.48. The third-order valence-corrected chi connectivity index (χ3v) is 3.32. The first-order valence-corrected chi connectivity index (χ1v) is 7.39. The van der Waals surface area contributed by atoms with Crippen molar-refractivity contribution in [2.45, 2.75) is 33.2 Å². The van der Waals surface area contributed by atoms with Gasteiger partial charge in [-0.25, -0.2) is 0 Å². The molecule has 22 heavy (non-hydrogen) atoms. The van der Waals surface area contributed by atoms with Crippen molar-refractivity contribution in [1.82, 2.24) is 0 Å². The second-order valence-corrected chi connectivity index (χ2v) is 6.36. The molecule has 116 valence electrons. The minimum absolute atomic E-state index is 0.0181. The Morgan fingerprint density at radius 2 is 1.68 bits per heavy atom. The fourth-order valence-electron chi connectivity index (χ4n) is 2.48. The van der Waals surface area contributed by atoms with E-state index in [1.807, 2.05) is 42.5 Å². The van der Waals surface area contributed by atoms with E-state index in [9.17, 15) is 4.79 Å². The molecular formula is C19H23NO2. The van der Waals surface area contributed by atoms with Crippen molar-refractivity contribution in [2.75, 3.05) is 12.4 Å². The maximum Gasteiger partial charge on any atom is 0.162 e. The van der Waals surface area contributed by atoms with Gasteiger partial charge in [0.15, 0.2) is 5.78 Å². The highest BCUT2D eigenvalue weighted by atomic mass is 16.5. The highest BCUT2D eigenvalue weighted by molar-refractivity contribution is 6.07. The van der Waals surface area contributed by atoms with Crippen LogP contribution in [0.5, 0.6) is 5.75 Å². The van der Waals surface area contributed by atoms with Crippen molar-refractivity contribution in [3.05, 3.63) is 48.0 Å². The van der Waals surface area contributed by atoms with Crippen molar-refractivity contribution in [3.63, 3.8) is 0 Å². The molecule has 0 aliphatic carbocycles. The lowest BCUT2D eigenvalue weighted by molar-refractivity contribution is 0.101. The minimum atomic E-state index is -0.174. The van der Waals surface area contributed by atoms with E-state index in [0.717, 1.165) is 16.8 Å². The van der Waals surface area contributed by atoms with Gasteiger partial charge in [0.05, 0.1) is 18.4 Å². The number of Topliss-reactive ketones (excluding diaryl/α,β-unsaturated/α-hetero) is 1. The van der Waals surface area contributed by atoms with Crippen LogP contribution in [0.2, 0.25) is 0 Å². The molecule has 2 aromatic carbocycles. The lowest BCUT2D eigenvalue weighted by atomic mass is 9.94. The molecule has 0 unspecified atom stereocenters. The number of nitrogens with one attached hydrogen (secondary N) is 1. The monoisotopic (exact) mass is 297 g/mol.